The van der Waals surface area contributed by atoms with Crippen LogP contribution in [-0.2, 0) is 23.9 Å². The van der Waals surface area contributed by atoms with Gasteiger partial charge in [0.25, 0.3) is 0 Å². The molecule has 6 heteroatoms. The van der Waals surface area contributed by atoms with Crippen molar-refractivity contribution in [2.24, 2.45) is 46.3 Å². The highest BCUT2D eigenvalue weighted by Crippen LogP contribution is 2.69. The molecule has 0 aromatic heterocycles. The minimum atomic E-state index is -0.194. The first-order valence-corrected chi connectivity index (χ1v) is 13.9. The lowest BCUT2D eigenvalue weighted by atomic mass is 9.43. The number of alkyl halides is 1. The number of carbonyl (C=O) groups excluding carboxylic acids is 3. The fraction of sp³-hybridized carbons (Fsp3) is 0.889. The van der Waals surface area contributed by atoms with Crippen molar-refractivity contribution in [3.8, 4) is 0 Å². The Kier molecular flexibility index (Phi) is 7.08. The molecule has 0 spiro atoms. The summed E-state index contributed by atoms with van der Waals surface area (Å²) in [4.78, 5) is 36.5. The van der Waals surface area contributed by atoms with E-state index < -0.39 is 0 Å². The van der Waals surface area contributed by atoms with Crippen molar-refractivity contribution >= 4 is 33.7 Å². The van der Waals surface area contributed by atoms with Crippen molar-refractivity contribution in [2.45, 2.75) is 96.4 Å². The third-order valence-corrected chi connectivity index (χ3v) is 11.8. The minimum absolute atomic E-state index is 0.0349. The maximum Gasteiger partial charge on any atom is 0.305 e. The lowest BCUT2D eigenvalue weighted by molar-refractivity contribution is -0.192. The second kappa shape index (κ2) is 9.28. The van der Waals surface area contributed by atoms with E-state index in [1.54, 1.807) is 0 Å². The zero-order valence-corrected chi connectivity index (χ0v) is 22.5. The summed E-state index contributed by atoms with van der Waals surface area (Å²) in [6, 6.07) is 0. The first-order chi connectivity index (χ1) is 15.5. The number of methoxy groups -OCH3 is 1. The first kappa shape index (κ1) is 25.2. The summed E-state index contributed by atoms with van der Waals surface area (Å²) in [5, 5.41) is 0. The van der Waals surface area contributed by atoms with Crippen LogP contribution in [-0.4, -0.2) is 35.8 Å². The normalized spacial score (nSPS) is 45.4. The summed E-state index contributed by atoms with van der Waals surface area (Å²) in [6.45, 7) is 8.58. The van der Waals surface area contributed by atoms with E-state index in [0.717, 1.165) is 38.5 Å². The predicted molar refractivity (Wildman–Crippen MR) is 130 cm³/mol. The number of ketones is 1. The molecule has 0 heterocycles. The van der Waals surface area contributed by atoms with Gasteiger partial charge in [0.15, 0.2) is 0 Å². The van der Waals surface area contributed by atoms with E-state index in [0.29, 0.717) is 54.1 Å². The quantitative estimate of drug-likeness (QED) is 0.339. The van der Waals surface area contributed by atoms with E-state index in [1.165, 1.54) is 20.5 Å². The highest BCUT2D eigenvalue weighted by atomic mass is 79.9. The van der Waals surface area contributed by atoms with Gasteiger partial charge in [-0.2, -0.15) is 0 Å². The van der Waals surface area contributed by atoms with Gasteiger partial charge in [-0.25, -0.2) is 0 Å². The Hall–Kier alpha value is -0.910. The van der Waals surface area contributed by atoms with Crippen molar-refractivity contribution in [3.05, 3.63) is 0 Å². The zero-order valence-electron chi connectivity index (χ0n) is 20.9. The van der Waals surface area contributed by atoms with Crippen LogP contribution in [0.25, 0.3) is 0 Å². The Balaban J connectivity index is 1.64. The molecule has 4 saturated carbocycles. The van der Waals surface area contributed by atoms with Crippen LogP contribution in [0.15, 0.2) is 0 Å². The maximum atomic E-state index is 12.5. The Morgan fingerprint density at radius 3 is 2.48 bits per heavy atom. The highest BCUT2D eigenvalue weighted by Gasteiger charge is 2.65. The number of hydrogen-bond acceptors (Lipinski definition) is 5. The number of rotatable bonds is 5. The molecule has 33 heavy (non-hydrogen) atoms. The molecule has 0 amide bonds. The summed E-state index contributed by atoms with van der Waals surface area (Å²) < 4.78 is 11.0. The van der Waals surface area contributed by atoms with Crippen LogP contribution in [0.4, 0.5) is 0 Å². The maximum absolute atomic E-state index is 12.5. The van der Waals surface area contributed by atoms with Crippen molar-refractivity contribution in [2.75, 3.05) is 7.11 Å². The minimum Gasteiger partial charge on any atom is -0.469 e. The Labute approximate surface area is 207 Å². The average molecular weight is 526 g/mol. The van der Waals surface area contributed by atoms with Crippen molar-refractivity contribution in [1.29, 1.82) is 0 Å². The summed E-state index contributed by atoms with van der Waals surface area (Å²) in [5.74, 6) is 2.82. The van der Waals surface area contributed by atoms with E-state index in [9.17, 15) is 14.4 Å². The largest absolute Gasteiger partial charge is 0.469 e. The summed E-state index contributed by atoms with van der Waals surface area (Å²) in [6.07, 6.45) is 8.23. The molecule has 0 saturated heterocycles. The lowest BCUT2D eigenvalue weighted by Gasteiger charge is -2.62. The Morgan fingerprint density at radius 2 is 1.82 bits per heavy atom. The molecule has 0 aromatic rings. The standard InChI is InChI=1S/C27H41BrO5/c1-15(6-11-24(31)32-5)18-9-10-19-17-7-8-20-25(28)22(30)12-13-26(20,3)21(17)14-23(27(18,19)4)33-16(2)29/h15,17-21,23,25H,6-14H2,1-5H3/t15-,17+,18+,19-,20-,21+,23+,25+,26+,27+/m1/s1. The van der Waals surface area contributed by atoms with Crippen LogP contribution in [0.3, 0.4) is 0 Å². The second-order valence-corrected chi connectivity index (χ2v) is 12.9. The number of carbonyl (C=O) groups is 3. The van der Waals surface area contributed by atoms with Crippen molar-refractivity contribution in [1.82, 2.24) is 0 Å². The lowest BCUT2D eigenvalue weighted by Crippen LogP contribution is -2.60. The van der Waals surface area contributed by atoms with Gasteiger partial charge in [0.2, 0.25) is 0 Å². The van der Waals surface area contributed by atoms with Crippen LogP contribution in [0.2, 0.25) is 0 Å². The molecule has 0 radical (unpaired) electrons. The molecular weight excluding hydrogens is 484 g/mol. The fourth-order valence-electron chi connectivity index (χ4n) is 9.01. The SMILES string of the molecule is COC(=O)CC[C@@H](C)[C@@H]1CC[C@@H]2[C@@H]3CC[C@@H]4[C@H](Br)C(=O)CC[C@]4(C)[C@H]3C[C@H](OC(C)=O)[C@]21C. The summed E-state index contributed by atoms with van der Waals surface area (Å²) >= 11 is 3.76. The van der Waals surface area contributed by atoms with Gasteiger partial charge in [-0.05, 0) is 85.9 Å². The van der Waals surface area contributed by atoms with E-state index >= 15 is 0 Å². The van der Waals surface area contributed by atoms with Crippen LogP contribution < -0.4 is 0 Å². The van der Waals surface area contributed by atoms with E-state index in [2.05, 4.69) is 36.7 Å². The molecule has 0 aromatic carbocycles. The van der Waals surface area contributed by atoms with Crippen LogP contribution in [0, 0.1) is 46.3 Å². The molecule has 0 aliphatic heterocycles. The number of hydrogen-bond donors (Lipinski definition) is 0. The Bertz CT molecular complexity index is 797. The zero-order chi connectivity index (χ0) is 24.1. The molecule has 10 atom stereocenters. The van der Waals surface area contributed by atoms with E-state index in [4.69, 9.17) is 9.47 Å². The fourth-order valence-corrected chi connectivity index (χ4v) is 10.1. The summed E-state index contributed by atoms with van der Waals surface area (Å²) in [5.41, 5.74) is 0.0448. The first-order valence-electron chi connectivity index (χ1n) is 12.9. The molecule has 0 unspecified atom stereocenters. The van der Waals surface area contributed by atoms with Crippen LogP contribution in [0.1, 0.15) is 85.5 Å². The Morgan fingerprint density at radius 1 is 1.12 bits per heavy atom. The van der Waals surface area contributed by atoms with Gasteiger partial charge in [0, 0.05) is 25.2 Å². The monoisotopic (exact) mass is 524 g/mol. The molecular formula is C27H41BrO5. The van der Waals surface area contributed by atoms with Gasteiger partial charge in [-0.3, -0.25) is 14.4 Å². The van der Waals surface area contributed by atoms with Gasteiger partial charge in [-0.15, -0.1) is 0 Å². The van der Waals surface area contributed by atoms with Crippen LogP contribution >= 0.6 is 15.9 Å². The third kappa shape index (κ3) is 4.10. The van der Waals surface area contributed by atoms with Crippen LogP contribution in [0.5, 0.6) is 0 Å². The highest BCUT2D eigenvalue weighted by molar-refractivity contribution is 9.10. The molecule has 4 aliphatic carbocycles. The van der Waals surface area contributed by atoms with E-state index in [1.807, 2.05) is 0 Å². The number of fused-ring (bicyclic) bond motifs is 5. The van der Waals surface area contributed by atoms with E-state index in [-0.39, 0.29) is 33.7 Å². The van der Waals surface area contributed by atoms with Crippen molar-refractivity contribution < 1.29 is 23.9 Å². The van der Waals surface area contributed by atoms with Gasteiger partial charge >= 0.3 is 11.9 Å². The number of ether oxygens (including phenoxy) is 2. The molecule has 4 rings (SSSR count). The number of esters is 2. The van der Waals surface area contributed by atoms with Gasteiger partial charge in [0.1, 0.15) is 11.9 Å². The molecule has 186 valence electrons. The molecule has 4 fully saturated rings. The number of halogens is 1. The van der Waals surface area contributed by atoms with Gasteiger partial charge in [0.05, 0.1) is 11.9 Å². The predicted octanol–water partition coefficient (Wildman–Crippen LogP) is 5.72. The smallest absolute Gasteiger partial charge is 0.305 e. The van der Waals surface area contributed by atoms with Gasteiger partial charge in [-0.1, -0.05) is 36.7 Å². The molecule has 4 aliphatic rings. The van der Waals surface area contributed by atoms with Gasteiger partial charge < -0.3 is 9.47 Å². The third-order valence-electron chi connectivity index (χ3n) is 10.7. The topological polar surface area (TPSA) is 69.7 Å². The molecule has 0 bridgehead atoms. The average Bonchev–Trinajstić information content (AvgIpc) is 3.13. The number of Topliss-reactive ketones (excluding diaryl/α,β-unsaturated/α-hetero) is 1. The second-order valence-electron chi connectivity index (χ2n) is 11.9. The molecule has 0 N–H and O–H groups in total. The molecule has 5 nitrogen and oxygen atoms in total. The van der Waals surface area contributed by atoms with Crippen molar-refractivity contribution in [3.63, 3.8) is 0 Å². The summed E-state index contributed by atoms with van der Waals surface area (Å²) in [7, 11) is 1.45.